The van der Waals surface area contributed by atoms with Crippen LogP contribution in [0.2, 0.25) is 5.02 Å². The van der Waals surface area contributed by atoms with Gasteiger partial charge in [0.15, 0.2) is 5.96 Å². The van der Waals surface area contributed by atoms with Crippen molar-refractivity contribution in [2.24, 2.45) is 12.0 Å². The van der Waals surface area contributed by atoms with E-state index in [9.17, 15) is 0 Å². The van der Waals surface area contributed by atoms with Gasteiger partial charge in [0.05, 0.1) is 12.7 Å². The number of guanidine groups is 1. The van der Waals surface area contributed by atoms with Crippen LogP contribution in [-0.2, 0) is 12.5 Å². The molecule has 1 fully saturated rings. The number of hydrogen-bond donors (Lipinski definition) is 1. The third kappa shape index (κ3) is 5.63. The van der Waals surface area contributed by atoms with Crippen molar-refractivity contribution in [2.45, 2.75) is 38.5 Å². The quantitative estimate of drug-likeness (QED) is 0.364. The minimum absolute atomic E-state index is 0. The van der Waals surface area contributed by atoms with E-state index in [2.05, 4.69) is 54.4 Å². The van der Waals surface area contributed by atoms with Crippen molar-refractivity contribution in [1.82, 2.24) is 20.0 Å². The molecule has 1 aliphatic heterocycles. The fourth-order valence-corrected chi connectivity index (χ4v) is 3.69. The number of aryl methyl sites for hydroxylation is 1. The van der Waals surface area contributed by atoms with E-state index in [1.165, 1.54) is 11.1 Å². The maximum atomic E-state index is 6.03. The predicted octanol–water partition coefficient (Wildman–Crippen LogP) is 4.42. The highest BCUT2D eigenvalue weighted by Crippen LogP contribution is 2.28. The molecule has 2 heterocycles. The first kappa shape index (κ1) is 23.0. The average molecular weight is 516 g/mol. The lowest BCUT2D eigenvalue weighted by Gasteiger charge is -2.26. The largest absolute Gasteiger partial charge is 0.357 e. The van der Waals surface area contributed by atoms with Crippen LogP contribution in [0.5, 0.6) is 0 Å². The van der Waals surface area contributed by atoms with Gasteiger partial charge in [0.2, 0.25) is 0 Å². The van der Waals surface area contributed by atoms with Gasteiger partial charge >= 0.3 is 0 Å². The lowest BCUT2D eigenvalue weighted by molar-refractivity contribution is 0.474. The monoisotopic (exact) mass is 515 g/mol. The summed E-state index contributed by atoms with van der Waals surface area (Å²) in [5.74, 6) is 1.53. The molecule has 28 heavy (non-hydrogen) atoms. The van der Waals surface area contributed by atoms with E-state index in [1.807, 2.05) is 30.1 Å². The summed E-state index contributed by atoms with van der Waals surface area (Å²) in [6.45, 7) is 10.2. The molecule has 5 nitrogen and oxygen atoms in total. The van der Waals surface area contributed by atoms with Gasteiger partial charge in [-0.2, -0.15) is 5.10 Å². The smallest absolute Gasteiger partial charge is 0.193 e. The number of aliphatic imine (C=N–C) groups is 1. The van der Waals surface area contributed by atoms with Crippen LogP contribution in [-0.4, -0.2) is 46.8 Å². The van der Waals surface area contributed by atoms with Gasteiger partial charge in [0.1, 0.15) is 0 Å². The van der Waals surface area contributed by atoms with Crippen molar-refractivity contribution in [1.29, 1.82) is 0 Å². The summed E-state index contributed by atoms with van der Waals surface area (Å²) in [5, 5.41) is 8.56. The van der Waals surface area contributed by atoms with Crippen molar-refractivity contribution in [3.8, 4) is 0 Å². The van der Waals surface area contributed by atoms with E-state index < -0.39 is 0 Å². The number of likely N-dealkylation sites (tertiary alicyclic amines) is 1. The van der Waals surface area contributed by atoms with Gasteiger partial charge in [0, 0.05) is 49.2 Å². The Morgan fingerprint density at radius 1 is 1.32 bits per heavy atom. The van der Waals surface area contributed by atoms with Crippen molar-refractivity contribution >= 4 is 41.5 Å². The first-order valence-corrected chi connectivity index (χ1v) is 10.0. The topological polar surface area (TPSA) is 45.5 Å². The normalized spacial score (nSPS) is 17.5. The molecule has 1 aromatic heterocycles. The summed E-state index contributed by atoms with van der Waals surface area (Å²) in [7, 11) is 1.97. The van der Waals surface area contributed by atoms with E-state index in [-0.39, 0.29) is 29.4 Å². The molecular weight excluding hydrogens is 485 g/mol. The summed E-state index contributed by atoms with van der Waals surface area (Å²) in [6, 6.07) is 8.09. The molecule has 1 N–H and O–H groups in total. The van der Waals surface area contributed by atoms with Crippen LogP contribution >= 0.6 is 35.6 Å². The molecule has 1 aliphatic rings. The Balaban J connectivity index is 0.00000280. The van der Waals surface area contributed by atoms with Gasteiger partial charge in [-0.15, -0.1) is 24.0 Å². The number of nitrogens with zero attached hydrogens (tertiary/aromatic N) is 4. The van der Waals surface area contributed by atoms with Crippen molar-refractivity contribution in [2.75, 3.05) is 26.2 Å². The molecule has 1 aromatic carbocycles. The number of benzene rings is 1. The summed E-state index contributed by atoms with van der Waals surface area (Å²) in [6.07, 6.45) is 5.25. The molecule has 0 spiro atoms. The lowest BCUT2D eigenvalue weighted by atomic mass is 9.85. The molecule has 0 bridgehead atoms. The molecule has 0 amide bonds. The predicted molar refractivity (Wildman–Crippen MR) is 128 cm³/mol. The van der Waals surface area contributed by atoms with Gasteiger partial charge < -0.3 is 10.2 Å². The SMILES string of the molecule is CCNC(=NCC(C)(C)c1ccc(Cl)cc1)N1CCC(c2cnn(C)c2)C1.I. The third-order valence-electron chi connectivity index (χ3n) is 5.27. The van der Waals surface area contributed by atoms with Crippen molar-refractivity contribution in [3.05, 3.63) is 52.8 Å². The Morgan fingerprint density at radius 2 is 2.04 bits per heavy atom. The highest BCUT2D eigenvalue weighted by molar-refractivity contribution is 14.0. The summed E-state index contributed by atoms with van der Waals surface area (Å²) >= 11 is 6.03. The van der Waals surface area contributed by atoms with Gasteiger partial charge in [0.25, 0.3) is 0 Å². The molecule has 7 heteroatoms. The maximum Gasteiger partial charge on any atom is 0.193 e. The molecule has 1 atom stereocenters. The molecule has 1 unspecified atom stereocenters. The van der Waals surface area contributed by atoms with Crippen LogP contribution < -0.4 is 5.32 Å². The molecule has 154 valence electrons. The second kappa shape index (κ2) is 9.96. The van der Waals surface area contributed by atoms with Gasteiger partial charge in [-0.05, 0) is 36.6 Å². The minimum Gasteiger partial charge on any atom is -0.357 e. The molecule has 0 aliphatic carbocycles. The average Bonchev–Trinajstić information content (AvgIpc) is 3.28. The standard InChI is InChI=1S/C21H30ClN5.HI/c1-5-23-20(24-15-21(2,3)18-6-8-19(22)9-7-18)27-11-10-16(14-27)17-12-25-26(4)13-17;/h6-9,12-13,16H,5,10-11,14-15H2,1-4H3,(H,23,24);1H. The molecule has 0 radical (unpaired) electrons. The highest BCUT2D eigenvalue weighted by Gasteiger charge is 2.28. The second-order valence-electron chi connectivity index (χ2n) is 7.94. The zero-order chi connectivity index (χ0) is 19.4. The van der Waals surface area contributed by atoms with E-state index in [0.29, 0.717) is 5.92 Å². The molecular formula is C21H31ClIN5. The molecule has 1 saturated heterocycles. The summed E-state index contributed by atoms with van der Waals surface area (Å²) in [5.41, 5.74) is 2.52. The van der Waals surface area contributed by atoms with Gasteiger partial charge in [-0.25, -0.2) is 0 Å². The Kier molecular flexibility index (Phi) is 8.18. The fourth-order valence-electron chi connectivity index (χ4n) is 3.57. The third-order valence-corrected chi connectivity index (χ3v) is 5.52. The first-order chi connectivity index (χ1) is 12.9. The number of aromatic nitrogens is 2. The van der Waals surface area contributed by atoms with Crippen LogP contribution in [0.25, 0.3) is 0 Å². The number of rotatable bonds is 5. The van der Waals surface area contributed by atoms with Crippen molar-refractivity contribution in [3.63, 3.8) is 0 Å². The minimum atomic E-state index is -0.0479. The van der Waals surface area contributed by atoms with Crippen LogP contribution in [0, 0.1) is 0 Å². The Bertz CT molecular complexity index is 784. The van der Waals surface area contributed by atoms with Crippen molar-refractivity contribution < 1.29 is 0 Å². The van der Waals surface area contributed by atoms with Crippen LogP contribution in [0.3, 0.4) is 0 Å². The molecule has 3 rings (SSSR count). The first-order valence-electron chi connectivity index (χ1n) is 9.67. The summed E-state index contributed by atoms with van der Waals surface area (Å²) in [4.78, 5) is 7.35. The van der Waals surface area contributed by atoms with Gasteiger partial charge in [-0.3, -0.25) is 9.67 Å². The van der Waals surface area contributed by atoms with Gasteiger partial charge in [-0.1, -0.05) is 37.6 Å². The molecule has 2 aromatic rings. The number of nitrogens with one attached hydrogen (secondary N) is 1. The zero-order valence-electron chi connectivity index (χ0n) is 17.2. The highest BCUT2D eigenvalue weighted by atomic mass is 127. The summed E-state index contributed by atoms with van der Waals surface area (Å²) < 4.78 is 1.88. The van der Waals surface area contributed by atoms with E-state index >= 15 is 0 Å². The van der Waals surface area contributed by atoms with Crippen LogP contribution in [0.1, 0.15) is 44.2 Å². The number of halogens is 2. The van der Waals surface area contributed by atoms with E-state index in [0.717, 1.165) is 43.6 Å². The second-order valence-corrected chi connectivity index (χ2v) is 8.38. The Hall–Kier alpha value is -1.28. The zero-order valence-corrected chi connectivity index (χ0v) is 20.2. The molecule has 0 saturated carbocycles. The Labute approximate surface area is 190 Å². The van der Waals surface area contributed by atoms with E-state index in [4.69, 9.17) is 16.6 Å². The Morgan fingerprint density at radius 3 is 2.64 bits per heavy atom. The maximum absolute atomic E-state index is 6.03. The lowest BCUT2D eigenvalue weighted by Crippen LogP contribution is -2.41. The van der Waals surface area contributed by atoms with E-state index in [1.54, 1.807) is 0 Å². The fraction of sp³-hybridized carbons (Fsp3) is 0.524. The number of hydrogen-bond acceptors (Lipinski definition) is 2. The van der Waals surface area contributed by atoms with Crippen LogP contribution in [0.15, 0.2) is 41.7 Å². The van der Waals surface area contributed by atoms with Crippen LogP contribution in [0.4, 0.5) is 0 Å².